The average Bonchev–Trinajstić information content (AvgIpc) is 2.97. The van der Waals surface area contributed by atoms with E-state index in [1.165, 1.54) is 25.3 Å². The van der Waals surface area contributed by atoms with Gasteiger partial charge in [-0.05, 0) is 31.9 Å². The number of hydrogen-bond donors (Lipinski definition) is 2. The third kappa shape index (κ3) is 4.59. The minimum atomic E-state index is -0.361. The van der Waals surface area contributed by atoms with Crippen LogP contribution >= 0.6 is 0 Å². The molecular weight excluding hydrogens is 321 g/mol. The lowest BCUT2D eigenvalue weighted by Crippen LogP contribution is -2.43. The first kappa shape index (κ1) is 17.5. The van der Waals surface area contributed by atoms with Gasteiger partial charge in [0.2, 0.25) is 5.89 Å². The summed E-state index contributed by atoms with van der Waals surface area (Å²) < 4.78 is 19.4. The predicted molar refractivity (Wildman–Crippen MR) is 93.7 cm³/mol. The third-order valence-corrected chi connectivity index (χ3v) is 4.58. The second kappa shape index (κ2) is 8.14. The normalized spacial score (nSPS) is 15.1. The molecular formula is C19H24FN3O2. The maximum atomic E-state index is 13.8. The van der Waals surface area contributed by atoms with Gasteiger partial charge in [-0.1, -0.05) is 31.4 Å². The summed E-state index contributed by atoms with van der Waals surface area (Å²) in [6.07, 6.45) is 6.28. The standard InChI is InChI=1S/C19H24FN3O2/c1-13-17(23-18(25-13)15-9-5-6-10-16(15)20)11-12-21-19(24)22-14-7-3-2-4-8-14/h5-6,9-10,14H,2-4,7-8,11-12H2,1H3,(H2,21,22,24). The highest BCUT2D eigenvalue weighted by Crippen LogP contribution is 2.24. The van der Waals surface area contributed by atoms with Crippen LogP contribution in [0.1, 0.15) is 43.6 Å². The molecule has 2 N–H and O–H groups in total. The molecule has 25 heavy (non-hydrogen) atoms. The highest BCUT2D eigenvalue weighted by atomic mass is 19.1. The van der Waals surface area contributed by atoms with Gasteiger partial charge in [-0.25, -0.2) is 14.2 Å². The van der Waals surface area contributed by atoms with Crippen molar-refractivity contribution < 1.29 is 13.6 Å². The Balaban J connectivity index is 1.52. The fourth-order valence-electron chi connectivity index (χ4n) is 3.19. The number of nitrogens with one attached hydrogen (secondary N) is 2. The fourth-order valence-corrected chi connectivity index (χ4v) is 3.19. The highest BCUT2D eigenvalue weighted by Gasteiger charge is 2.16. The Hall–Kier alpha value is -2.37. The minimum absolute atomic E-state index is 0.137. The average molecular weight is 345 g/mol. The largest absolute Gasteiger partial charge is 0.441 e. The van der Waals surface area contributed by atoms with Gasteiger partial charge in [-0.3, -0.25) is 0 Å². The summed E-state index contributed by atoms with van der Waals surface area (Å²) in [5, 5.41) is 5.88. The molecule has 1 heterocycles. The van der Waals surface area contributed by atoms with Crippen molar-refractivity contribution in [2.24, 2.45) is 0 Å². The number of carbonyl (C=O) groups is 1. The van der Waals surface area contributed by atoms with Gasteiger partial charge in [-0.2, -0.15) is 0 Å². The monoisotopic (exact) mass is 345 g/mol. The zero-order valence-corrected chi connectivity index (χ0v) is 14.5. The summed E-state index contributed by atoms with van der Waals surface area (Å²) >= 11 is 0. The molecule has 1 aliphatic carbocycles. The van der Waals surface area contributed by atoms with E-state index >= 15 is 0 Å². The van der Waals surface area contributed by atoms with Gasteiger partial charge < -0.3 is 15.1 Å². The summed E-state index contributed by atoms with van der Waals surface area (Å²) in [7, 11) is 0. The van der Waals surface area contributed by atoms with Crippen LogP contribution in [0.15, 0.2) is 28.7 Å². The molecule has 0 saturated heterocycles. The molecule has 1 aromatic carbocycles. The minimum Gasteiger partial charge on any atom is -0.441 e. The number of nitrogens with zero attached hydrogens (tertiary/aromatic N) is 1. The second-order valence-electron chi connectivity index (χ2n) is 6.49. The van der Waals surface area contributed by atoms with E-state index in [1.807, 2.05) is 0 Å². The van der Waals surface area contributed by atoms with Crippen LogP contribution in [-0.4, -0.2) is 23.6 Å². The predicted octanol–water partition coefficient (Wildman–Crippen LogP) is 3.96. The number of urea groups is 1. The Morgan fingerprint density at radius 2 is 2.04 bits per heavy atom. The maximum Gasteiger partial charge on any atom is 0.315 e. The van der Waals surface area contributed by atoms with Crippen LogP contribution in [0.2, 0.25) is 0 Å². The second-order valence-corrected chi connectivity index (χ2v) is 6.49. The maximum absolute atomic E-state index is 13.8. The zero-order chi connectivity index (χ0) is 17.6. The number of rotatable bonds is 5. The van der Waals surface area contributed by atoms with Gasteiger partial charge in [0.25, 0.3) is 0 Å². The Bertz CT molecular complexity index is 723. The van der Waals surface area contributed by atoms with E-state index in [0.717, 1.165) is 18.5 Å². The molecule has 1 saturated carbocycles. The number of oxazole rings is 1. The van der Waals surface area contributed by atoms with Crippen molar-refractivity contribution in [1.82, 2.24) is 15.6 Å². The molecule has 2 amide bonds. The SMILES string of the molecule is Cc1oc(-c2ccccc2F)nc1CCNC(=O)NC1CCCCC1. The molecule has 0 radical (unpaired) electrons. The van der Waals surface area contributed by atoms with E-state index in [9.17, 15) is 9.18 Å². The van der Waals surface area contributed by atoms with Crippen molar-refractivity contribution in [2.45, 2.75) is 51.5 Å². The summed E-state index contributed by atoms with van der Waals surface area (Å²) in [6.45, 7) is 2.26. The van der Waals surface area contributed by atoms with Gasteiger partial charge in [0.15, 0.2) is 0 Å². The lowest BCUT2D eigenvalue weighted by atomic mass is 9.96. The number of hydrogen-bond acceptors (Lipinski definition) is 3. The van der Waals surface area contributed by atoms with E-state index in [2.05, 4.69) is 15.6 Å². The molecule has 0 atom stereocenters. The quantitative estimate of drug-likeness (QED) is 0.862. The van der Waals surface area contributed by atoms with Gasteiger partial charge in [0.1, 0.15) is 11.6 Å². The summed E-state index contributed by atoms with van der Waals surface area (Å²) in [4.78, 5) is 16.3. The number of halogens is 1. The molecule has 1 aromatic heterocycles. The summed E-state index contributed by atoms with van der Waals surface area (Å²) in [5.41, 5.74) is 1.08. The number of benzene rings is 1. The molecule has 1 fully saturated rings. The molecule has 1 aliphatic rings. The van der Waals surface area contributed by atoms with Crippen molar-refractivity contribution in [3.05, 3.63) is 41.5 Å². The first-order chi connectivity index (χ1) is 12.1. The molecule has 3 rings (SSSR count). The fraction of sp³-hybridized carbons (Fsp3) is 0.474. The summed E-state index contributed by atoms with van der Waals surface area (Å²) in [5.74, 6) is 0.560. The Labute approximate surface area is 147 Å². The van der Waals surface area contributed by atoms with Crippen LogP contribution < -0.4 is 10.6 Å². The van der Waals surface area contributed by atoms with Crippen molar-refractivity contribution in [2.75, 3.05) is 6.54 Å². The molecule has 134 valence electrons. The summed E-state index contributed by atoms with van der Waals surface area (Å²) in [6, 6.07) is 6.54. The van der Waals surface area contributed by atoms with Crippen molar-refractivity contribution in [3.63, 3.8) is 0 Å². The number of amides is 2. The number of aryl methyl sites for hydroxylation is 1. The number of carbonyl (C=O) groups excluding carboxylic acids is 1. The van der Waals surface area contributed by atoms with Crippen LogP contribution in [0.5, 0.6) is 0 Å². The molecule has 5 nitrogen and oxygen atoms in total. The van der Waals surface area contributed by atoms with Crippen LogP contribution in [-0.2, 0) is 6.42 Å². The zero-order valence-electron chi connectivity index (χ0n) is 14.5. The molecule has 0 aliphatic heterocycles. The Kier molecular flexibility index (Phi) is 5.68. The smallest absolute Gasteiger partial charge is 0.315 e. The van der Waals surface area contributed by atoms with E-state index in [4.69, 9.17) is 4.42 Å². The van der Waals surface area contributed by atoms with E-state index < -0.39 is 0 Å². The van der Waals surface area contributed by atoms with E-state index in [1.54, 1.807) is 25.1 Å². The Morgan fingerprint density at radius 3 is 2.80 bits per heavy atom. The van der Waals surface area contributed by atoms with Gasteiger partial charge in [-0.15, -0.1) is 0 Å². The lowest BCUT2D eigenvalue weighted by Gasteiger charge is -2.22. The van der Waals surface area contributed by atoms with Gasteiger partial charge in [0, 0.05) is 19.0 Å². The number of aromatic nitrogens is 1. The van der Waals surface area contributed by atoms with Crippen molar-refractivity contribution in [1.29, 1.82) is 0 Å². The van der Waals surface area contributed by atoms with Crippen LogP contribution in [0.4, 0.5) is 9.18 Å². The Morgan fingerprint density at radius 1 is 1.28 bits per heavy atom. The van der Waals surface area contributed by atoms with Gasteiger partial charge in [0.05, 0.1) is 11.3 Å². The van der Waals surface area contributed by atoms with Crippen LogP contribution in [0, 0.1) is 12.7 Å². The van der Waals surface area contributed by atoms with Crippen LogP contribution in [0.25, 0.3) is 11.5 Å². The van der Waals surface area contributed by atoms with E-state index in [0.29, 0.717) is 24.3 Å². The molecule has 6 heteroatoms. The molecule has 2 aromatic rings. The van der Waals surface area contributed by atoms with Gasteiger partial charge >= 0.3 is 6.03 Å². The topological polar surface area (TPSA) is 67.2 Å². The van der Waals surface area contributed by atoms with Crippen molar-refractivity contribution in [3.8, 4) is 11.5 Å². The lowest BCUT2D eigenvalue weighted by molar-refractivity contribution is 0.233. The highest BCUT2D eigenvalue weighted by molar-refractivity contribution is 5.74. The van der Waals surface area contributed by atoms with E-state index in [-0.39, 0.29) is 23.8 Å². The molecule has 0 unspecified atom stereocenters. The molecule has 0 spiro atoms. The molecule has 0 bridgehead atoms. The third-order valence-electron chi connectivity index (χ3n) is 4.58. The van der Waals surface area contributed by atoms with Crippen LogP contribution in [0.3, 0.4) is 0 Å². The van der Waals surface area contributed by atoms with Crippen molar-refractivity contribution >= 4 is 6.03 Å². The first-order valence-electron chi connectivity index (χ1n) is 8.89. The first-order valence-corrected chi connectivity index (χ1v) is 8.89.